The first-order chi connectivity index (χ1) is 3.12. The summed E-state index contributed by atoms with van der Waals surface area (Å²) in [4.78, 5) is 0. The number of terminal acetylenes is 1. The molecule has 0 heterocycles. The quantitative estimate of drug-likeness (QED) is 0.700. The van der Waals surface area contributed by atoms with Gasteiger partial charge in [0.05, 0.1) is 6.61 Å². The SMILES string of the molecule is C#CC(C)(C)CO.[W]. The largest absolute Gasteiger partial charge is 0.395 e. The van der Waals surface area contributed by atoms with E-state index < -0.39 is 0 Å². The van der Waals surface area contributed by atoms with E-state index in [1.165, 1.54) is 0 Å². The number of hydrogen-bond acceptors (Lipinski definition) is 1. The summed E-state index contributed by atoms with van der Waals surface area (Å²) >= 11 is 0. The fourth-order valence-electron chi connectivity index (χ4n) is 0.0456. The molecular formula is C6H10OW. The first-order valence-corrected chi connectivity index (χ1v) is 2.21. The maximum Gasteiger partial charge on any atom is 0.0591 e. The monoisotopic (exact) mass is 282 g/mol. The Labute approximate surface area is 64.7 Å². The molecule has 0 saturated heterocycles. The Bertz CT molecular complexity index is 91.2. The molecule has 8 heavy (non-hydrogen) atoms. The van der Waals surface area contributed by atoms with Crippen molar-refractivity contribution in [3.05, 3.63) is 0 Å². The van der Waals surface area contributed by atoms with Gasteiger partial charge in [-0.2, -0.15) is 0 Å². The van der Waals surface area contributed by atoms with Crippen LogP contribution < -0.4 is 0 Å². The van der Waals surface area contributed by atoms with E-state index in [0.717, 1.165) is 0 Å². The van der Waals surface area contributed by atoms with Gasteiger partial charge in [0, 0.05) is 26.5 Å². The predicted molar refractivity (Wildman–Crippen MR) is 29.7 cm³/mol. The molecule has 2 heteroatoms. The van der Waals surface area contributed by atoms with Gasteiger partial charge < -0.3 is 5.11 Å². The van der Waals surface area contributed by atoms with Crippen LogP contribution >= 0.6 is 0 Å². The summed E-state index contributed by atoms with van der Waals surface area (Å²) < 4.78 is 0. The van der Waals surface area contributed by atoms with E-state index >= 15 is 0 Å². The molecule has 0 fully saturated rings. The van der Waals surface area contributed by atoms with Crippen molar-refractivity contribution < 1.29 is 26.2 Å². The summed E-state index contributed by atoms with van der Waals surface area (Å²) in [6.07, 6.45) is 5.01. The van der Waals surface area contributed by atoms with Crippen LogP contribution in [0.25, 0.3) is 0 Å². The smallest absolute Gasteiger partial charge is 0.0591 e. The molecule has 0 aromatic rings. The molecule has 1 N–H and O–H groups in total. The normalized spacial score (nSPS) is 9.25. The van der Waals surface area contributed by atoms with Gasteiger partial charge in [0.2, 0.25) is 0 Å². The molecule has 0 aliphatic rings. The Morgan fingerprint density at radius 1 is 1.62 bits per heavy atom. The molecule has 0 atom stereocenters. The third kappa shape index (κ3) is 4.37. The van der Waals surface area contributed by atoms with Gasteiger partial charge in [-0.3, -0.25) is 0 Å². The zero-order valence-electron chi connectivity index (χ0n) is 5.14. The molecule has 0 amide bonds. The fourth-order valence-corrected chi connectivity index (χ4v) is 0.0456. The third-order valence-corrected chi connectivity index (χ3v) is 0.786. The molecule has 46 valence electrons. The van der Waals surface area contributed by atoms with E-state index in [4.69, 9.17) is 11.5 Å². The number of hydrogen-bond donors (Lipinski definition) is 1. The second-order valence-electron chi connectivity index (χ2n) is 2.19. The Morgan fingerprint density at radius 2 is 2.00 bits per heavy atom. The van der Waals surface area contributed by atoms with Crippen molar-refractivity contribution >= 4 is 0 Å². The van der Waals surface area contributed by atoms with Crippen molar-refractivity contribution in [2.24, 2.45) is 5.41 Å². The summed E-state index contributed by atoms with van der Waals surface area (Å²) in [7, 11) is 0. The molecule has 0 rings (SSSR count). The van der Waals surface area contributed by atoms with Crippen LogP contribution in [0.4, 0.5) is 0 Å². The summed E-state index contributed by atoms with van der Waals surface area (Å²) in [5.74, 6) is 2.44. The molecule has 0 aromatic heterocycles. The van der Waals surface area contributed by atoms with Crippen molar-refractivity contribution in [2.75, 3.05) is 6.61 Å². The Balaban J connectivity index is 0. The van der Waals surface area contributed by atoms with Crippen LogP contribution in [-0.4, -0.2) is 11.7 Å². The average molecular weight is 282 g/mol. The van der Waals surface area contributed by atoms with Gasteiger partial charge in [-0.25, -0.2) is 0 Å². The number of aliphatic hydroxyl groups excluding tert-OH is 1. The Kier molecular flexibility index (Phi) is 5.70. The van der Waals surface area contributed by atoms with Crippen molar-refractivity contribution in [3.63, 3.8) is 0 Å². The number of rotatable bonds is 1. The molecule has 0 aliphatic carbocycles. The predicted octanol–water partition coefficient (Wildman–Crippen LogP) is 0.636. The first-order valence-electron chi connectivity index (χ1n) is 2.21. The summed E-state index contributed by atoms with van der Waals surface area (Å²) in [5.41, 5.74) is -0.333. The van der Waals surface area contributed by atoms with Gasteiger partial charge >= 0.3 is 0 Å². The first kappa shape index (κ1) is 11.1. The minimum Gasteiger partial charge on any atom is -0.395 e. The van der Waals surface area contributed by atoms with Gasteiger partial charge in [-0.05, 0) is 13.8 Å². The van der Waals surface area contributed by atoms with E-state index in [2.05, 4.69) is 5.92 Å². The minimum absolute atomic E-state index is 0. The molecule has 1 nitrogen and oxygen atoms in total. The van der Waals surface area contributed by atoms with Crippen molar-refractivity contribution in [2.45, 2.75) is 13.8 Å². The van der Waals surface area contributed by atoms with Crippen LogP contribution in [0, 0.1) is 17.8 Å². The van der Waals surface area contributed by atoms with E-state index in [9.17, 15) is 0 Å². The molecule has 0 spiro atoms. The average Bonchev–Trinajstić information content (AvgIpc) is 1.68. The van der Waals surface area contributed by atoms with E-state index in [0.29, 0.717) is 0 Å². The molecule has 0 aromatic carbocycles. The van der Waals surface area contributed by atoms with E-state index in [1.807, 2.05) is 13.8 Å². The van der Waals surface area contributed by atoms with Crippen LogP contribution in [0.15, 0.2) is 0 Å². The fraction of sp³-hybridized carbons (Fsp3) is 0.667. The zero-order valence-corrected chi connectivity index (χ0v) is 8.07. The van der Waals surface area contributed by atoms with Gasteiger partial charge in [-0.1, -0.05) is 5.92 Å². The summed E-state index contributed by atoms with van der Waals surface area (Å²) in [6, 6.07) is 0. The van der Waals surface area contributed by atoms with Crippen molar-refractivity contribution in [3.8, 4) is 12.3 Å². The molecule has 0 radical (unpaired) electrons. The van der Waals surface area contributed by atoms with Gasteiger partial charge in [0.15, 0.2) is 0 Å². The maximum atomic E-state index is 8.45. The Hall–Kier alpha value is 0.208. The zero-order chi connectivity index (χ0) is 5.91. The minimum atomic E-state index is -0.333. The molecule has 0 bridgehead atoms. The van der Waals surface area contributed by atoms with Gasteiger partial charge in [0.25, 0.3) is 0 Å². The van der Waals surface area contributed by atoms with Crippen LogP contribution in [0.5, 0.6) is 0 Å². The topological polar surface area (TPSA) is 20.2 Å². The summed E-state index contributed by atoms with van der Waals surface area (Å²) in [5, 5.41) is 8.45. The van der Waals surface area contributed by atoms with Crippen LogP contribution in [0.1, 0.15) is 13.8 Å². The maximum absolute atomic E-state index is 8.45. The van der Waals surface area contributed by atoms with Crippen LogP contribution in [0.3, 0.4) is 0 Å². The van der Waals surface area contributed by atoms with Crippen LogP contribution in [0.2, 0.25) is 0 Å². The van der Waals surface area contributed by atoms with Gasteiger partial charge in [0.1, 0.15) is 0 Å². The molecule has 0 saturated carbocycles. The second-order valence-corrected chi connectivity index (χ2v) is 2.19. The standard InChI is InChI=1S/C6H10O.W/c1-4-6(2,3)5-7;/h1,7H,5H2,2-3H3;. The van der Waals surface area contributed by atoms with E-state index in [1.54, 1.807) is 0 Å². The second kappa shape index (κ2) is 4.12. The Morgan fingerprint density at radius 3 is 2.00 bits per heavy atom. The molecule has 0 aliphatic heterocycles. The van der Waals surface area contributed by atoms with Gasteiger partial charge in [-0.15, -0.1) is 6.42 Å². The van der Waals surface area contributed by atoms with Crippen molar-refractivity contribution in [1.29, 1.82) is 0 Å². The third-order valence-electron chi connectivity index (χ3n) is 0.786. The molecular weight excluding hydrogens is 272 g/mol. The van der Waals surface area contributed by atoms with Crippen molar-refractivity contribution in [1.82, 2.24) is 0 Å². The summed E-state index contributed by atoms with van der Waals surface area (Å²) in [6.45, 7) is 3.68. The number of aliphatic hydroxyl groups is 1. The molecule has 0 unspecified atom stereocenters. The van der Waals surface area contributed by atoms with Crippen LogP contribution in [-0.2, 0) is 21.1 Å². The van der Waals surface area contributed by atoms with E-state index in [-0.39, 0.29) is 33.1 Å².